The number of hydrogen-bond acceptors (Lipinski definition) is 5. The number of hydrogen-bond donors (Lipinski definition) is 2. The Kier molecular flexibility index (Phi) is 6.71. The first kappa shape index (κ1) is 19.4. The summed E-state index contributed by atoms with van der Waals surface area (Å²) >= 11 is 0. The second-order valence-corrected chi connectivity index (χ2v) is 6.07. The minimum atomic E-state index is -0.728. The molecule has 2 rings (SSSR count). The number of amides is 4. The highest BCUT2D eigenvalue weighted by molar-refractivity contribution is 6.04. The summed E-state index contributed by atoms with van der Waals surface area (Å²) in [7, 11) is 0. The molecule has 0 aliphatic carbocycles. The first-order chi connectivity index (χ1) is 12.4. The minimum absolute atomic E-state index is 0.0512. The van der Waals surface area contributed by atoms with Gasteiger partial charge in [0.1, 0.15) is 0 Å². The van der Waals surface area contributed by atoms with E-state index in [9.17, 15) is 19.2 Å². The molecule has 1 saturated heterocycles. The van der Waals surface area contributed by atoms with Crippen LogP contribution in [0, 0.1) is 0 Å². The van der Waals surface area contributed by atoms with Crippen LogP contribution in [0.25, 0.3) is 0 Å². The number of ether oxygens (including phenoxy) is 1. The molecule has 8 heteroatoms. The Morgan fingerprint density at radius 1 is 1.27 bits per heavy atom. The van der Waals surface area contributed by atoms with E-state index in [1.807, 2.05) is 6.92 Å². The maximum Gasteiger partial charge on any atom is 0.340 e. The van der Waals surface area contributed by atoms with Gasteiger partial charge in [-0.05, 0) is 31.9 Å². The molecule has 1 aliphatic heterocycles. The van der Waals surface area contributed by atoms with Gasteiger partial charge >= 0.3 is 12.0 Å². The first-order valence-corrected chi connectivity index (χ1v) is 8.59. The number of imide groups is 1. The Morgan fingerprint density at radius 3 is 2.65 bits per heavy atom. The number of carbonyl (C=O) groups excluding carboxylic acids is 4. The van der Waals surface area contributed by atoms with Crippen LogP contribution in [0.15, 0.2) is 24.3 Å². The predicted molar refractivity (Wildman–Crippen MR) is 94.7 cm³/mol. The zero-order valence-electron chi connectivity index (χ0n) is 14.9. The van der Waals surface area contributed by atoms with Crippen LogP contribution in [-0.4, -0.2) is 43.0 Å². The van der Waals surface area contributed by atoms with E-state index in [0.29, 0.717) is 18.7 Å². The summed E-state index contributed by atoms with van der Waals surface area (Å²) in [5, 5.41) is 4.67. The van der Waals surface area contributed by atoms with E-state index in [2.05, 4.69) is 10.6 Å². The highest BCUT2D eigenvalue weighted by Crippen LogP contribution is 2.25. The van der Waals surface area contributed by atoms with Crippen molar-refractivity contribution in [1.29, 1.82) is 0 Å². The van der Waals surface area contributed by atoms with Gasteiger partial charge in [0.05, 0.1) is 11.3 Å². The lowest BCUT2D eigenvalue weighted by atomic mass is 10.1. The largest absolute Gasteiger partial charge is 0.452 e. The van der Waals surface area contributed by atoms with Crippen LogP contribution in [0.4, 0.5) is 10.5 Å². The molecule has 0 spiro atoms. The van der Waals surface area contributed by atoms with Gasteiger partial charge in [0, 0.05) is 19.0 Å². The van der Waals surface area contributed by atoms with Gasteiger partial charge in [0.25, 0.3) is 5.91 Å². The van der Waals surface area contributed by atoms with Gasteiger partial charge in [0.2, 0.25) is 5.91 Å². The van der Waals surface area contributed by atoms with Gasteiger partial charge in [-0.1, -0.05) is 19.1 Å². The SMILES string of the molecule is CC[C@@H](C)NC(=O)NC(=O)COC(=O)c1ccccc1N1CCCC1=O. The molecule has 2 N–H and O–H groups in total. The Morgan fingerprint density at radius 2 is 2.00 bits per heavy atom. The fraction of sp³-hybridized carbons (Fsp3) is 0.444. The number of benzene rings is 1. The third-order valence-corrected chi connectivity index (χ3v) is 4.07. The zero-order valence-corrected chi connectivity index (χ0v) is 14.9. The van der Waals surface area contributed by atoms with Crippen molar-refractivity contribution in [3.05, 3.63) is 29.8 Å². The maximum absolute atomic E-state index is 12.3. The molecule has 8 nitrogen and oxygen atoms in total. The number of anilines is 1. The van der Waals surface area contributed by atoms with Crippen molar-refractivity contribution in [3.8, 4) is 0 Å². The van der Waals surface area contributed by atoms with Crippen molar-refractivity contribution >= 4 is 29.5 Å². The number of esters is 1. The topological polar surface area (TPSA) is 105 Å². The number of para-hydroxylation sites is 1. The Balaban J connectivity index is 1.93. The van der Waals surface area contributed by atoms with Crippen LogP contribution in [0.1, 0.15) is 43.5 Å². The van der Waals surface area contributed by atoms with Gasteiger partial charge < -0.3 is 15.0 Å². The molecule has 140 valence electrons. The molecule has 0 aromatic heterocycles. The summed E-state index contributed by atoms with van der Waals surface area (Å²) in [5.41, 5.74) is 0.675. The molecule has 1 fully saturated rings. The average molecular weight is 361 g/mol. The molecule has 0 radical (unpaired) electrons. The van der Waals surface area contributed by atoms with E-state index in [-0.39, 0.29) is 17.5 Å². The van der Waals surface area contributed by atoms with E-state index in [1.54, 1.807) is 25.1 Å². The fourth-order valence-corrected chi connectivity index (χ4v) is 2.52. The van der Waals surface area contributed by atoms with Crippen molar-refractivity contribution in [1.82, 2.24) is 10.6 Å². The number of nitrogens with one attached hydrogen (secondary N) is 2. The summed E-state index contributed by atoms with van der Waals surface area (Å²) in [6.45, 7) is 3.66. The van der Waals surface area contributed by atoms with Crippen molar-refractivity contribution in [2.75, 3.05) is 18.1 Å². The average Bonchev–Trinajstić information content (AvgIpc) is 3.05. The van der Waals surface area contributed by atoms with Crippen LogP contribution in [-0.2, 0) is 14.3 Å². The third-order valence-electron chi connectivity index (χ3n) is 4.07. The number of urea groups is 1. The quantitative estimate of drug-likeness (QED) is 0.749. The van der Waals surface area contributed by atoms with Gasteiger partial charge in [-0.15, -0.1) is 0 Å². The lowest BCUT2D eigenvalue weighted by molar-refractivity contribution is -0.123. The minimum Gasteiger partial charge on any atom is -0.452 e. The van der Waals surface area contributed by atoms with Gasteiger partial charge in [0.15, 0.2) is 6.61 Å². The normalized spacial score (nSPS) is 14.7. The fourth-order valence-electron chi connectivity index (χ4n) is 2.52. The van der Waals surface area contributed by atoms with E-state index < -0.39 is 24.5 Å². The van der Waals surface area contributed by atoms with E-state index in [4.69, 9.17) is 4.74 Å². The first-order valence-electron chi connectivity index (χ1n) is 8.59. The summed E-state index contributed by atoms with van der Waals surface area (Å²) in [6.07, 6.45) is 1.90. The number of rotatable bonds is 6. The standard InChI is InChI=1S/C18H23N3O5/c1-3-12(2)19-18(25)20-15(22)11-26-17(24)13-7-4-5-8-14(13)21-10-6-9-16(21)23/h4-5,7-8,12H,3,6,9-11H2,1-2H3,(H2,19,20,22,25)/t12-/m1/s1. The number of carbonyl (C=O) groups is 4. The van der Waals surface area contributed by atoms with Gasteiger partial charge in [-0.2, -0.15) is 0 Å². The second-order valence-electron chi connectivity index (χ2n) is 6.07. The molecule has 4 amide bonds. The predicted octanol–water partition coefficient (Wildman–Crippen LogP) is 1.59. The van der Waals surface area contributed by atoms with E-state index in [1.165, 1.54) is 11.0 Å². The van der Waals surface area contributed by atoms with Crippen molar-refractivity contribution in [2.45, 2.75) is 39.2 Å². The van der Waals surface area contributed by atoms with Crippen LogP contribution in [0.2, 0.25) is 0 Å². The smallest absolute Gasteiger partial charge is 0.340 e. The lowest BCUT2D eigenvalue weighted by Gasteiger charge is -2.18. The molecular formula is C18H23N3O5. The summed E-state index contributed by atoms with van der Waals surface area (Å²) in [6, 6.07) is 5.87. The Labute approximate surface area is 151 Å². The van der Waals surface area contributed by atoms with Crippen molar-refractivity contribution < 1.29 is 23.9 Å². The second kappa shape index (κ2) is 8.98. The summed E-state index contributed by atoms with van der Waals surface area (Å²) < 4.78 is 4.99. The monoisotopic (exact) mass is 361 g/mol. The molecular weight excluding hydrogens is 338 g/mol. The molecule has 0 bridgehead atoms. The van der Waals surface area contributed by atoms with E-state index >= 15 is 0 Å². The molecule has 26 heavy (non-hydrogen) atoms. The van der Waals surface area contributed by atoms with Crippen LogP contribution < -0.4 is 15.5 Å². The van der Waals surface area contributed by atoms with E-state index in [0.717, 1.165) is 12.8 Å². The van der Waals surface area contributed by atoms with Crippen LogP contribution in [0.3, 0.4) is 0 Å². The van der Waals surface area contributed by atoms with Crippen LogP contribution >= 0.6 is 0 Å². The van der Waals surface area contributed by atoms with Crippen molar-refractivity contribution in [3.63, 3.8) is 0 Å². The molecule has 0 saturated carbocycles. The molecule has 1 aromatic rings. The number of nitrogens with zero attached hydrogens (tertiary/aromatic N) is 1. The summed E-state index contributed by atoms with van der Waals surface area (Å²) in [5.74, 6) is -1.50. The highest BCUT2D eigenvalue weighted by atomic mass is 16.5. The Bertz CT molecular complexity index is 704. The highest BCUT2D eigenvalue weighted by Gasteiger charge is 2.26. The summed E-state index contributed by atoms with van der Waals surface area (Å²) in [4.78, 5) is 49.1. The van der Waals surface area contributed by atoms with Crippen molar-refractivity contribution in [2.24, 2.45) is 0 Å². The lowest BCUT2D eigenvalue weighted by Crippen LogP contribution is -2.44. The molecule has 1 atom stereocenters. The molecule has 1 aliphatic rings. The Hall–Kier alpha value is -2.90. The maximum atomic E-state index is 12.3. The zero-order chi connectivity index (χ0) is 19.1. The molecule has 1 aromatic carbocycles. The third kappa shape index (κ3) is 5.05. The van der Waals surface area contributed by atoms with Gasteiger partial charge in [-0.25, -0.2) is 9.59 Å². The molecule has 0 unspecified atom stereocenters. The van der Waals surface area contributed by atoms with Crippen LogP contribution in [0.5, 0.6) is 0 Å². The molecule has 1 heterocycles. The van der Waals surface area contributed by atoms with Gasteiger partial charge in [-0.3, -0.25) is 14.9 Å².